The van der Waals surface area contributed by atoms with E-state index in [-0.39, 0.29) is 23.7 Å². The van der Waals surface area contributed by atoms with Crippen molar-refractivity contribution in [1.29, 1.82) is 0 Å². The second kappa shape index (κ2) is 4.62. The molecular formula is C14H15ClN2O2. The predicted molar refractivity (Wildman–Crippen MR) is 71.5 cm³/mol. The van der Waals surface area contributed by atoms with E-state index in [0.29, 0.717) is 19.6 Å². The molecule has 0 aliphatic carbocycles. The molecule has 2 fully saturated rings. The molecule has 2 amide bonds. The molecule has 0 unspecified atom stereocenters. The second-order valence-electron chi connectivity index (χ2n) is 5.23. The van der Waals surface area contributed by atoms with Gasteiger partial charge in [0.2, 0.25) is 11.8 Å². The van der Waals surface area contributed by atoms with E-state index in [1.807, 2.05) is 24.3 Å². The Morgan fingerprint density at radius 2 is 1.74 bits per heavy atom. The topological polar surface area (TPSA) is 40.6 Å². The summed E-state index contributed by atoms with van der Waals surface area (Å²) in [6.45, 7) is 1.98. The summed E-state index contributed by atoms with van der Waals surface area (Å²) >= 11 is 6.14. The first-order valence-electron chi connectivity index (χ1n) is 6.35. The van der Waals surface area contributed by atoms with Crippen molar-refractivity contribution < 1.29 is 9.59 Å². The van der Waals surface area contributed by atoms with Crippen LogP contribution in [0.5, 0.6) is 0 Å². The molecule has 1 aromatic rings. The number of amides is 2. The summed E-state index contributed by atoms with van der Waals surface area (Å²) in [5.74, 6) is -0.423. The van der Waals surface area contributed by atoms with E-state index < -0.39 is 0 Å². The highest BCUT2D eigenvalue weighted by molar-refractivity contribution is 6.31. The Morgan fingerprint density at radius 3 is 2.32 bits per heavy atom. The Hall–Kier alpha value is -1.39. The monoisotopic (exact) mass is 278 g/mol. The van der Waals surface area contributed by atoms with Crippen LogP contribution in [0.25, 0.3) is 0 Å². The van der Waals surface area contributed by atoms with Gasteiger partial charge in [0.05, 0.1) is 11.8 Å². The molecule has 3 rings (SSSR count). The Kier molecular flexibility index (Phi) is 3.07. The zero-order chi connectivity index (χ0) is 13.6. The first kappa shape index (κ1) is 12.6. The summed E-state index contributed by atoms with van der Waals surface area (Å²) in [7, 11) is 1.57. The van der Waals surface area contributed by atoms with E-state index >= 15 is 0 Å². The fourth-order valence-electron chi connectivity index (χ4n) is 2.99. The summed E-state index contributed by atoms with van der Waals surface area (Å²) in [5.41, 5.74) is 1.04. The lowest BCUT2D eigenvalue weighted by molar-refractivity contribution is -0.138. The lowest BCUT2D eigenvalue weighted by atomic mass is 10.00. The molecule has 0 spiro atoms. The maximum absolute atomic E-state index is 11.9. The molecular weight excluding hydrogens is 264 g/mol. The number of hydrogen-bond donors (Lipinski definition) is 0. The largest absolute Gasteiger partial charge is 0.297 e. The summed E-state index contributed by atoms with van der Waals surface area (Å²) in [5, 5.41) is 0.731. The number of likely N-dealkylation sites (tertiary alicyclic amines) is 2. The molecule has 5 heteroatoms. The van der Waals surface area contributed by atoms with Gasteiger partial charge in [-0.15, -0.1) is 0 Å². The Bertz CT molecular complexity index is 522. The molecule has 19 heavy (non-hydrogen) atoms. The van der Waals surface area contributed by atoms with Crippen LogP contribution in [0.2, 0.25) is 5.02 Å². The molecule has 0 radical (unpaired) electrons. The summed E-state index contributed by atoms with van der Waals surface area (Å²) in [4.78, 5) is 27.2. The molecule has 4 nitrogen and oxygen atoms in total. The van der Waals surface area contributed by atoms with Gasteiger partial charge < -0.3 is 0 Å². The lowest BCUT2D eigenvalue weighted by Gasteiger charge is -2.18. The molecule has 0 saturated carbocycles. The van der Waals surface area contributed by atoms with E-state index in [4.69, 9.17) is 11.6 Å². The van der Waals surface area contributed by atoms with Crippen molar-refractivity contribution in [1.82, 2.24) is 9.80 Å². The van der Waals surface area contributed by atoms with E-state index in [2.05, 4.69) is 4.90 Å². The quantitative estimate of drug-likeness (QED) is 0.768. The molecule has 2 saturated heterocycles. The number of imide groups is 1. The molecule has 100 valence electrons. The van der Waals surface area contributed by atoms with Crippen LogP contribution in [0.3, 0.4) is 0 Å². The number of hydrogen-bond acceptors (Lipinski definition) is 3. The number of rotatable bonds is 2. The van der Waals surface area contributed by atoms with E-state index in [1.165, 1.54) is 4.90 Å². The molecule has 2 heterocycles. The molecule has 2 aliphatic rings. The zero-order valence-corrected chi connectivity index (χ0v) is 11.4. The third-order valence-corrected chi connectivity index (χ3v) is 4.41. The van der Waals surface area contributed by atoms with Gasteiger partial charge in [-0.1, -0.05) is 29.8 Å². The molecule has 2 aliphatic heterocycles. The Labute approximate surface area is 116 Å². The number of benzene rings is 1. The molecule has 0 N–H and O–H groups in total. The fraction of sp³-hybridized carbons (Fsp3) is 0.429. The van der Waals surface area contributed by atoms with E-state index in [9.17, 15) is 9.59 Å². The van der Waals surface area contributed by atoms with Crippen molar-refractivity contribution >= 4 is 23.4 Å². The molecule has 0 bridgehead atoms. The van der Waals surface area contributed by atoms with Crippen LogP contribution in [-0.2, 0) is 16.1 Å². The average molecular weight is 279 g/mol. The highest BCUT2D eigenvalue weighted by Crippen LogP contribution is 2.33. The Morgan fingerprint density at radius 1 is 1.16 bits per heavy atom. The molecule has 1 aromatic carbocycles. The van der Waals surface area contributed by atoms with Crippen molar-refractivity contribution in [2.45, 2.75) is 6.54 Å². The van der Waals surface area contributed by atoms with Gasteiger partial charge in [-0.05, 0) is 11.6 Å². The van der Waals surface area contributed by atoms with Gasteiger partial charge in [-0.3, -0.25) is 19.4 Å². The summed E-state index contributed by atoms with van der Waals surface area (Å²) in [6, 6.07) is 7.68. The van der Waals surface area contributed by atoms with Crippen molar-refractivity contribution in [2.24, 2.45) is 11.8 Å². The van der Waals surface area contributed by atoms with Gasteiger partial charge in [-0.25, -0.2) is 0 Å². The number of fused-ring (bicyclic) bond motifs is 1. The van der Waals surface area contributed by atoms with Crippen molar-refractivity contribution in [2.75, 3.05) is 20.1 Å². The minimum atomic E-state index is -0.167. The van der Waals surface area contributed by atoms with Crippen molar-refractivity contribution in [3.05, 3.63) is 34.9 Å². The fourth-order valence-corrected chi connectivity index (χ4v) is 3.18. The maximum atomic E-state index is 11.9. The number of halogens is 1. The van der Waals surface area contributed by atoms with Crippen LogP contribution in [0.4, 0.5) is 0 Å². The zero-order valence-electron chi connectivity index (χ0n) is 10.7. The SMILES string of the molecule is CN1C(=O)[C@H]2CN(Cc3ccccc3Cl)C[C@H]2C1=O. The van der Waals surface area contributed by atoms with E-state index in [0.717, 1.165) is 10.6 Å². The van der Waals surface area contributed by atoms with Crippen LogP contribution in [-0.4, -0.2) is 41.8 Å². The third kappa shape index (κ3) is 2.05. The Balaban J connectivity index is 1.73. The minimum Gasteiger partial charge on any atom is -0.297 e. The van der Waals surface area contributed by atoms with Crippen molar-refractivity contribution in [3.63, 3.8) is 0 Å². The van der Waals surface area contributed by atoms with Gasteiger partial charge in [0.15, 0.2) is 0 Å². The highest BCUT2D eigenvalue weighted by atomic mass is 35.5. The summed E-state index contributed by atoms with van der Waals surface area (Å²) in [6.07, 6.45) is 0. The smallest absolute Gasteiger partial charge is 0.234 e. The van der Waals surface area contributed by atoms with Gasteiger partial charge in [0.25, 0.3) is 0 Å². The average Bonchev–Trinajstić information content (AvgIpc) is 2.89. The highest BCUT2D eigenvalue weighted by Gasteiger charge is 2.50. The van der Waals surface area contributed by atoms with Gasteiger partial charge in [-0.2, -0.15) is 0 Å². The van der Waals surface area contributed by atoms with Gasteiger partial charge in [0, 0.05) is 31.7 Å². The third-order valence-electron chi connectivity index (χ3n) is 4.04. The van der Waals surface area contributed by atoms with Crippen LogP contribution < -0.4 is 0 Å². The van der Waals surface area contributed by atoms with Crippen molar-refractivity contribution in [3.8, 4) is 0 Å². The first-order chi connectivity index (χ1) is 9.08. The summed E-state index contributed by atoms with van der Waals surface area (Å²) < 4.78 is 0. The number of nitrogens with zero attached hydrogens (tertiary/aromatic N) is 2. The number of carbonyl (C=O) groups is 2. The molecule has 0 aromatic heterocycles. The van der Waals surface area contributed by atoms with Crippen LogP contribution in [0, 0.1) is 11.8 Å². The van der Waals surface area contributed by atoms with Crippen LogP contribution in [0.1, 0.15) is 5.56 Å². The normalized spacial score (nSPS) is 27.2. The van der Waals surface area contributed by atoms with Crippen LogP contribution >= 0.6 is 11.6 Å². The second-order valence-corrected chi connectivity index (χ2v) is 5.64. The van der Waals surface area contributed by atoms with Gasteiger partial charge >= 0.3 is 0 Å². The first-order valence-corrected chi connectivity index (χ1v) is 6.73. The standard InChI is InChI=1S/C14H15ClN2O2/c1-16-13(18)10-7-17(8-11(10)14(16)19)6-9-4-2-3-5-12(9)15/h2-5,10-11H,6-8H2,1H3/t10-,11+. The minimum absolute atomic E-state index is 0.0448. The van der Waals surface area contributed by atoms with Crippen LogP contribution in [0.15, 0.2) is 24.3 Å². The lowest BCUT2D eigenvalue weighted by Crippen LogP contribution is -2.33. The maximum Gasteiger partial charge on any atom is 0.234 e. The number of carbonyl (C=O) groups excluding carboxylic acids is 2. The molecule has 2 atom stereocenters. The van der Waals surface area contributed by atoms with E-state index in [1.54, 1.807) is 7.05 Å². The predicted octanol–water partition coefficient (Wildman–Crippen LogP) is 1.39. The van der Waals surface area contributed by atoms with Gasteiger partial charge in [0.1, 0.15) is 0 Å².